The van der Waals surface area contributed by atoms with Crippen LogP contribution in [0.1, 0.15) is 71.1 Å². The average molecular weight is 300 g/mol. The molecular formula is C17H33NOS. The first-order valence-electron chi connectivity index (χ1n) is 8.73. The average Bonchev–Trinajstić information content (AvgIpc) is 2.47. The topological polar surface area (TPSA) is 29.1 Å². The Morgan fingerprint density at radius 1 is 1.05 bits per heavy atom. The van der Waals surface area contributed by atoms with Gasteiger partial charge in [-0.2, -0.15) is 0 Å². The molecule has 2 nitrogen and oxygen atoms in total. The maximum Gasteiger partial charge on any atom is 0.0246 e. The molecule has 0 aliphatic heterocycles. The minimum atomic E-state index is -0.646. The van der Waals surface area contributed by atoms with Crippen LogP contribution in [0.25, 0.3) is 0 Å². The Morgan fingerprint density at radius 3 is 2.40 bits per heavy atom. The summed E-state index contributed by atoms with van der Waals surface area (Å²) in [6, 6.07) is 1.25. The van der Waals surface area contributed by atoms with E-state index in [0.717, 1.165) is 30.1 Å². The Kier molecular flexibility index (Phi) is 7.03. The van der Waals surface area contributed by atoms with Crippen molar-refractivity contribution in [3.8, 4) is 0 Å². The Morgan fingerprint density at radius 2 is 1.70 bits per heavy atom. The second-order valence-corrected chi connectivity index (χ2v) is 8.64. The van der Waals surface area contributed by atoms with Crippen molar-refractivity contribution in [2.75, 3.05) is 12.0 Å². The zero-order valence-electron chi connectivity index (χ0n) is 13.4. The second-order valence-electron chi connectivity index (χ2n) is 7.09. The third-order valence-electron chi connectivity index (χ3n) is 5.41. The fourth-order valence-corrected chi connectivity index (χ4v) is 4.97. The first-order chi connectivity index (χ1) is 9.66. The molecule has 2 aliphatic carbocycles. The predicted molar refractivity (Wildman–Crippen MR) is 88.5 cm³/mol. The minimum Gasteiger partial charge on any atom is -0.311 e. The summed E-state index contributed by atoms with van der Waals surface area (Å²) >= 11 is 0. The summed E-state index contributed by atoms with van der Waals surface area (Å²) < 4.78 is 11.2. The molecule has 4 atom stereocenters. The molecule has 0 aromatic heterocycles. The molecule has 20 heavy (non-hydrogen) atoms. The largest absolute Gasteiger partial charge is 0.311 e. The first kappa shape index (κ1) is 16.5. The van der Waals surface area contributed by atoms with Gasteiger partial charge in [0.15, 0.2) is 0 Å². The Hall–Kier alpha value is 0.110. The van der Waals surface area contributed by atoms with Gasteiger partial charge < -0.3 is 5.32 Å². The molecular weight excluding hydrogens is 266 g/mol. The van der Waals surface area contributed by atoms with Gasteiger partial charge in [-0.25, -0.2) is 0 Å². The van der Waals surface area contributed by atoms with Crippen LogP contribution in [0.15, 0.2) is 0 Å². The van der Waals surface area contributed by atoms with Gasteiger partial charge in [0.05, 0.1) is 0 Å². The molecule has 2 saturated carbocycles. The van der Waals surface area contributed by atoms with Gasteiger partial charge >= 0.3 is 0 Å². The number of hydrogen-bond acceptors (Lipinski definition) is 2. The van der Waals surface area contributed by atoms with Gasteiger partial charge in [-0.15, -0.1) is 0 Å². The van der Waals surface area contributed by atoms with Gasteiger partial charge in [0.1, 0.15) is 0 Å². The van der Waals surface area contributed by atoms with Crippen molar-refractivity contribution in [3.05, 3.63) is 0 Å². The van der Waals surface area contributed by atoms with Gasteiger partial charge in [-0.1, -0.05) is 44.9 Å². The molecule has 2 aliphatic rings. The molecule has 118 valence electrons. The van der Waals surface area contributed by atoms with E-state index in [-0.39, 0.29) is 0 Å². The molecule has 0 saturated heterocycles. The van der Waals surface area contributed by atoms with Crippen LogP contribution in [0.5, 0.6) is 0 Å². The van der Waals surface area contributed by atoms with E-state index >= 15 is 0 Å². The molecule has 2 fully saturated rings. The second kappa shape index (κ2) is 8.53. The van der Waals surface area contributed by atoms with Crippen LogP contribution in [0.2, 0.25) is 0 Å². The quantitative estimate of drug-likeness (QED) is 0.806. The zero-order valence-corrected chi connectivity index (χ0v) is 14.2. The summed E-state index contributed by atoms with van der Waals surface area (Å²) in [5.74, 6) is 2.74. The van der Waals surface area contributed by atoms with Crippen LogP contribution in [0, 0.1) is 11.8 Å². The fraction of sp³-hybridized carbons (Fsp3) is 1.00. The van der Waals surface area contributed by atoms with Crippen LogP contribution in [-0.2, 0) is 10.8 Å². The van der Waals surface area contributed by atoms with Crippen LogP contribution < -0.4 is 5.32 Å². The Bertz CT molecular complexity index is 301. The van der Waals surface area contributed by atoms with Gasteiger partial charge in [0.2, 0.25) is 0 Å². The van der Waals surface area contributed by atoms with Crippen LogP contribution >= 0.6 is 0 Å². The first-order valence-corrected chi connectivity index (χ1v) is 10.5. The van der Waals surface area contributed by atoms with Crippen LogP contribution in [0.3, 0.4) is 0 Å². The van der Waals surface area contributed by atoms with E-state index in [1.54, 1.807) is 0 Å². The fourth-order valence-electron chi connectivity index (χ4n) is 4.28. The molecule has 0 amide bonds. The Labute approximate surface area is 127 Å². The molecule has 0 heterocycles. The number of hydrogen-bond donors (Lipinski definition) is 1. The molecule has 0 aromatic carbocycles. The SMILES string of the molecule is CC(CCS(C)=O)NC1CCCCC1C1CCCCC1. The van der Waals surface area contributed by atoms with Crippen molar-refractivity contribution < 1.29 is 4.21 Å². The van der Waals surface area contributed by atoms with Gasteiger partial charge in [-0.3, -0.25) is 4.21 Å². The third kappa shape index (κ3) is 5.14. The Balaban J connectivity index is 1.84. The van der Waals surface area contributed by atoms with Gasteiger partial charge in [-0.05, 0) is 38.0 Å². The van der Waals surface area contributed by atoms with Crippen molar-refractivity contribution in [1.29, 1.82) is 0 Å². The highest BCUT2D eigenvalue weighted by molar-refractivity contribution is 7.84. The summed E-state index contributed by atoms with van der Waals surface area (Å²) in [6.45, 7) is 2.28. The summed E-state index contributed by atoms with van der Waals surface area (Å²) in [5, 5.41) is 3.89. The van der Waals surface area contributed by atoms with Crippen molar-refractivity contribution in [2.24, 2.45) is 11.8 Å². The lowest BCUT2D eigenvalue weighted by atomic mass is 9.71. The maximum absolute atomic E-state index is 11.2. The summed E-state index contributed by atoms with van der Waals surface area (Å²) in [4.78, 5) is 0. The summed E-state index contributed by atoms with van der Waals surface area (Å²) in [5.41, 5.74) is 0. The van der Waals surface area contributed by atoms with Crippen LogP contribution in [0.4, 0.5) is 0 Å². The highest BCUT2D eigenvalue weighted by atomic mass is 32.2. The highest BCUT2D eigenvalue weighted by Gasteiger charge is 2.32. The third-order valence-corrected chi connectivity index (χ3v) is 6.22. The van der Waals surface area contributed by atoms with E-state index in [9.17, 15) is 4.21 Å². The monoisotopic (exact) mass is 299 g/mol. The summed E-state index contributed by atoms with van der Waals surface area (Å²) in [6.07, 6.45) is 15.8. The van der Waals surface area contributed by atoms with E-state index in [1.165, 1.54) is 57.8 Å². The van der Waals surface area contributed by atoms with E-state index in [0.29, 0.717) is 6.04 Å². The molecule has 0 radical (unpaired) electrons. The molecule has 4 unspecified atom stereocenters. The molecule has 0 aromatic rings. The van der Waals surface area contributed by atoms with Crippen molar-refractivity contribution in [2.45, 2.75) is 83.2 Å². The van der Waals surface area contributed by atoms with E-state index in [4.69, 9.17) is 0 Å². The van der Waals surface area contributed by atoms with Crippen molar-refractivity contribution in [3.63, 3.8) is 0 Å². The highest BCUT2D eigenvalue weighted by Crippen LogP contribution is 2.38. The number of rotatable bonds is 6. The van der Waals surface area contributed by atoms with Crippen molar-refractivity contribution in [1.82, 2.24) is 5.32 Å². The van der Waals surface area contributed by atoms with Gasteiger partial charge in [0.25, 0.3) is 0 Å². The van der Waals surface area contributed by atoms with E-state index in [1.807, 2.05) is 6.26 Å². The van der Waals surface area contributed by atoms with E-state index < -0.39 is 10.8 Å². The lowest BCUT2D eigenvalue weighted by Gasteiger charge is -2.40. The zero-order chi connectivity index (χ0) is 14.4. The number of nitrogens with one attached hydrogen (secondary N) is 1. The molecule has 2 rings (SSSR count). The minimum absolute atomic E-state index is 0.521. The maximum atomic E-state index is 11.2. The molecule has 0 spiro atoms. The molecule has 1 N–H and O–H groups in total. The van der Waals surface area contributed by atoms with E-state index in [2.05, 4.69) is 12.2 Å². The lowest BCUT2D eigenvalue weighted by molar-refractivity contribution is 0.143. The normalized spacial score (nSPS) is 31.9. The van der Waals surface area contributed by atoms with Gasteiger partial charge in [0, 0.05) is 34.9 Å². The lowest BCUT2D eigenvalue weighted by Crippen LogP contribution is -2.46. The molecule has 0 bridgehead atoms. The summed E-state index contributed by atoms with van der Waals surface area (Å²) in [7, 11) is -0.646. The van der Waals surface area contributed by atoms with Crippen LogP contribution in [-0.4, -0.2) is 28.3 Å². The molecule has 3 heteroatoms. The predicted octanol–water partition coefficient (Wildman–Crippen LogP) is 3.87. The smallest absolute Gasteiger partial charge is 0.0246 e. The van der Waals surface area contributed by atoms with Crippen molar-refractivity contribution >= 4 is 10.8 Å². The standard InChI is InChI=1S/C17H33NOS/c1-14(12-13-20(2)19)18-17-11-7-6-10-16(17)15-8-4-3-5-9-15/h14-18H,3-13H2,1-2H3.